The van der Waals surface area contributed by atoms with E-state index in [4.69, 9.17) is 0 Å². The molecule has 80 valence electrons. The lowest BCUT2D eigenvalue weighted by Crippen LogP contribution is -2.33. The highest BCUT2D eigenvalue weighted by atomic mass is 16.2. The first-order chi connectivity index (χ1) is 7.79. The molecular weight excluding hydrogens is 200 g/mol. The second kappa shape index (κ2) is 2.11. The topological polar surface area (TPSA) is 34.1 Å². The van der Waals surface area contributed by atoms with Gasteiger partial charge < -0.3 is 0 Å². The Labute approximate surface area is 93.4 Å². The predicted molar refractivity (Wildman–Crippen MR) is 56.2 cm³/mol. The van der Waals surface area contributed by atoms with Gasteiger partial charge in [0.2, 0.25) is 11.6 Å². The van der Waals surface area contributed by atoms with E-state index < -0.39 is 0 Å². The first-order valence-electron chi connectivity index (χ1n) is 6.24. The molecule has 0 amide bonds. The van der Waals surface area contributed by atoms with Crippen LogP contribution in [0.3, 0.4) is 0 Å². The van der Waals surface area contributed by atoms with Gasteiger partial charge >= 0.3 is 0 Å². The monoisotopic (exact) mass is 212 g/mol. The Morgan fingerprint density at radius 3 is 1.25 bits per heavy atom. The van der Waals surface area contributed by atoms with Gasteiger partial charge in [0.25, 0.3) is 0 Å². The van der Waals surface area contributed by atoms with Gasteiger partial charge in [-0.15, -0.1) is 0 Å². The van der Waals surface area contributed by atoms with Gasteiger partial charge in [0.15, 0.2) is 0 Å². The smallest absolute Gasteiger partial charge is 0.202 e. The Morgan fingerprint density at radius 2 is 0.938 bits per heavy atom. The van der Waals surface area contributed by atoms with Crippen LogP contribution in [0, 0.1) is 47.3 Å². The largest absolute Gasteiger partial charge is 0.291 e. The number of rotatable bonds is 0. The summed E-state index contributed by atoms with van der Waals surface area (Å²) in [6, 6.07) is 0. The van der Waals surface area contributed by atoms with Crippen molar-refractivity contribution >= 4 is 11.6 Å². The van der Waals surface area contributed by atoms with E-state index >= 15 is 0 Å². The first kappa shape index (κ1) is 7.99. The molecule has 4 saturated carbocycles. The summed E-state index contributed by atoms with van der Waals surface area (Å²) in [4.78, 5) is 24.4. The summed E-state index contributed by atoms with van der Waals surface area (Å²) in [5, 5.41) is 0. The van der Waals surface area contributed by atoms with Crippen LogP contribution in [-0.4, -0.2) is 11.6 Å². The molecule has 16 heavy (non-hydrogen) atoms. The maximum atomic E-state index is 12.2. The minimum atomic E-state index is -0.0498. The maximum absolute atomic E-state index is 12.2. The van der Waals surface area contributed by atoms with Crippen LogP contribution in [0.15, 0.2) is 24.3 Å². The van der Waals surface area contributed by atoms with E-state index in [1.807, 2.05) is 0 Å². The fourth-order valence-corrected chi connectivity index (χ4v) is 5.54. The molecule has 0 N–H and O–H groups in total. The second-order valence-electron chi connectivity index (χ2n) is 6.01. The summed E-state index contributed by atoms with van der Waals surface area (Å²) in [5.74, 6) is 2.65. The molecule has 6 rings (SSSR count). The van der Waals surface area contributed by atoms with Crippen molar-refractivity contribution in [1.82, 2.24) is 0 Å². The van der Waals surface area contributed by atoms with Gasteiger partial charge in [-0.3, -0.25) is 9.59 Å². The molecule has 0 aromatic heterocycles. The number of fused-ring (bicyclic) bond motifs is 1. The fraction of sp³-hybridized carbons (Fsp3) is 0.571. The molecule has 0 aliphatic heterocycles. The van der Waals surface area contributed by atoms with Crippen molar-refractivity contribution in [3.63, 3.8) is 0 Å². The van der Waals surface area contributed by atoms with Gasteiger partial charge in [0.05, 0.1) is 0 Å². The van der Waals surface area contributed by atoms with Crippen LogP contribution < -0.4 is 0 Å². The number of carbonyl (C=O) groups is 2. The lowest BCUT2D eigenvalue weighted by Gasteiger charge is -2.20. The van der Waals surface area contributed by atoms with Crippen LogP contribution in [0.5, 0.6) is 0 Å². The number of carbonyl (C=O) groups excluding carboxylic acids is 2. The summed E-state index contributed by atoms with van der Waals surface area (Å²) >= 11 is 0. The molecule has 0 heterocycles. The van der Waals surface area contributed by atoms with Gasteiger partial charge in [0.1, 0.15) is 0 Å². The molecule has 2 nitrogen and oxygen atoms in total. The number of Topliss-reactive ketones (excluding diaryl/α,β-unsaturated/α-hetero) is 2. The summed E-state index contributed by atoms with van der Waals surface area (Å²) in [6.45, 7) is 0. The van der Waals surface area contributed by atoms with E-state index in [1.54, 1.807) is 0 Å². The summed E-state index contributed by atoms with van der Waals surface area (Å²) < 4.78 is 0. The molecule has 4 unspecified atom stereocenters. The Hall–Kier alpha value is -1.18. The van der Waals surface area contributed by atoms with Gasteiger partial charge in [-0.05, 0) is 35.5 Å². The molecule has 8 bridgehead atoms. The zero-order chi connectivity index (χ0) is 10.6. The SMILES string of the molecule is O=C1C(=O)C2C3C=CC4C1C1C=CC2C1C43. The normalized spacial score (nSPS) is 62.8. The van der Waals surface area contributed by atoms with Crippen molar-refractivity contribution in [2.75, 3.05) is 0 Å². The third-order valence-corrected chi connectivity index (χ3v) is 5.84. The maximum Gasteiger partial charge on any atom is 0.202 e. The molecule has 4 atom stereocenters. The molecule has 0 aromatic carbocycles. The van der Waals surface area contributed by atoms with Crippen LogP contribution in [0.25, 0.3) is 0 Å². The number of hydrogen-bond donors (Lipinski definition) is 0. The Morgan fingerprint density at radius 1 is 0.625 bits per heavy atom. The summed E-state index contributed by atoms with van der Waals surface area (Å²) in [5.41, 5.74) is 0. The number of hydrogen-bond acceptors (Lipinski definition) is 2. The molecule has 6 aliphatic carbocycles. The van der Waals surface area contributed by atoms with E-state index in [9.17, 15) is 9.59 Å². The highest BCUT2D eigenvalue weighted by Crippen LogP contribution is 2.69. The van der Waals surface area contributed by atoms with Crippen molar-refractivity contribution in [2.24, 2.45) is 47.3 Å². The quantitative estimate of drug-likeness (QED) is 0.447. The van der Waals surface area contributed by atoms with E-state index in [1.165, 1.54) is 0 Å². The van der Waals surface area contributed by atoms with Crippen molar-refractivity contribution in [2.45, 2.75) is 0 Å². The third kappa shape index (κ3) is 0.555. The van der Waals surface area contributed by atoms with Crippen molar-refractivity contribution in [3.05, 3.63) is 24.3 Å². The molecule has 6 aliphatic rings. The molecular formula is C14H12O2. The Bertz CT molecular complexity index is 427. The minimum absolute atomic E-state index is 0.00231. The molecule has 0 saturated heterocycles. The molecule has 0 radical (unpaired) electrons. The van der Waals surface area contributed by atoms with Crippen LogP contribution in [0.4, 0.5) is 0 Å². The van der Waals surface area contributed by atoms with E-state index in [0.717, 1.165) is 0 Å². The highest BCUT2D eigenvalue weighted by molar-refractivity contribution is 6.40. The average molecular weight is 212 g/mol. The van der Waals surface area contributed by atoms with Crippen LogP contribution in [0.2, 0.25) is 0 Å². The predicted octanol–water partition coefficient (Wildman–Crippen LogP) is 1.23. The van der Waals surface area contributed by atoms with E-state index in [2.05, 4.69) is 24.3 Å². The fourth-order valence-electron chi connectivity index (χ4n) is 5.54. The molecule has 0 spiro atoms. The zero-order valence-electron chi connectivity index (χ0n) is 8.74. The number of ketones is 2. The van der Waals surface area contributed by atoms with Gasteiger partial charge in [-0.2, -0.15) is 0 Å². The molecule has 2 heteroatoms. The van der Waals surface area contributed by atoms with Crippen LogP contribution >= 0.6 is 0 Å². The Balaban J connectivity index is 1.89. The highest BCUT2D eigenvalue weighted by Gasteiger charge is 2.70. The van der Waals surface area contributed by atoms with Gasteiger partial charge in [-0.1, -0.05) is 24.3 Å². The van der Waals surface area contributed by atoms with Crippen molar-refractivity contribution in [3.8, 4) is 0 Å². The summed E-state index contributed by atoms with van der Waals surface area (Å²) in [7, 11) is 0. The van der Waals surface area contributed by atoms with E-state index in [-0.39, 0.29) is 23.4 Å². The van der Waals surface area contributed by atoms with Gasteiger partial charge in [0, 0.05) is 11.8 Å². The molecule has 4 fully saturated rings. The van der Waals surface area contributed by atoms with Crippen LogP contribution in [0.1, 0.15) is 0 Å². The van der Waals surface area contributed by atoms with Gasteiger partial charge in [-0.25, -0.2) is 0 Å². The van der Waals surface area contributed by atoms with Crippen molar-refractivity contribution in [1.29, 1.82) is 0 Å². The third-order valence-electron chi connectivity index (χ3n) is 5.84. The van der Waals surface area contributed by atoms with E-state index in [0.29, 0.717) is 35.5 Å². The Kier molecular flexibility index (Phi) is 1.05. The zero-order valence-corrected chi connectivity index (χ0v) is 8.74. The lowest BCUT2D eigenvalue weighted by molar-refractivity contribution is -0.141. The summed E-state index contributed by atoms with van der Waals surface area (Å²) in [6.07, 6.45) is 8.94. The minimum Gasteiger partial charge on any atom is -0.291 e. The van der Waals surface area contributed by atoms with Crippen molar-refractivity contribution < 1.29 is 9.59 Å². The first-order valence-corrected chi connectivity index (χ1v) is 6.24. The molecule has 0 aromatic rings. The number of allylic oxidation sites excluding steroid dienone is 4. The average Bonchev–Trinajstić information content (AvgIpc) is 2.91. The second-order valence-corrected chi connectivity index (χ2v) is 6.01. The lowest BCUT2D eigenvalue weighted by atomic mass is 9.81. The van der Waals surface area contributed by atoms with Crippen LogP contribution in [-0.2, 0) is 9.59 Å². The standard InChI is InChI=1S/C14H12O2/c15-13-11-5-1-2-6-9(5)10-7(11)3-4-8(10)12(6)14(13)16/h1-12H.